The van der Waals surface area contributed by atoms with Gasteiger partial charge in [-0.3, -0.25) is 4.79 Å². The van der Waals surface area contributed by atoms with Crippen LogP contribution in [0.15, 0.2) is 51.7 Å². The maximum Gasteiger partial charge on any atom is 0.344 e. The van der Waals surface area contributed by atoms with E-state index >= 15 is 0 Å². The van der Waals surface area contributed by atoms with Gasteiger partial charge in [-0.2, -0.15) is 0 Å². The van der Waals surface area contributed by atoms with Crippen LogP contribution in [-0.2, 0) is 9.53 Å². The number of carbonyl (C=O) groups excluding carboxylic acids is 2. The number of ether oxygens (including phenoxy) is 2. The Bertz CT molecular complexity index is 1140. The van der Waals surface area contributed by atoms with Crippen molar-refractivity contribution in [1.29, 1.82) is 0 Å². The quantitative estimate of drug-likeness (QED) is 0.358. The molecule has 0 aliphatic heterocycles. The minimum atomic E-state index is -0.927. The Morgan fingerprint density at radius 3 is 2.52 bits per heavy atom. The minimum Gasteiger partial charge on any atom is -0.482 e. The normalized spacial score (nSPS) is 11.9. The Kier molecular flexibility index (Phi) is 5.82. The second-order valence-electron chi connectivity index (χ2n) is 7.01. The number of ketones is 1. The fraction of sp³-hybridized carbons (Fsp3) is 0.261. The third-order valence-electron chi connectivity index (χ3n) is 4.62. The van der Waals surface area contributed by atoms with Gasteiger partial charge < -0.3 is 13.9 Å². The van der Waals surface area contributed by atoms with E-state index in [0.717, 1.165) is 22.1 Å². The van der Waals surface area contributed by atoms with E-state index in [0.29, 0.717) is 16.9 Å². The van der Waals surface area contributed by atoms with Gasteiger partial charge in [0.25, 0.3) is 0 Å². The summed E-state index contributed by atoms with van der Waals surface area (Å²) in [6.45, 7) is 6.71. The van der Waals surface area contributed by atoms with Crippen LogP contribution in [0.3, 0.4) is 0 Å². The zero-order valence-corrected chi connectivity index (χ0v) is 16.8. The standard InChI is InChI=1S/C23H22O6/c1-13-5-6-14(2)19(9-13)23(26)16(4)28-22(25)12-27-17-7-8-18-15(3)10-21(24)29-20(18)11-17/h5-11,16H,12H2,1-4H3/t16-/m1/s1. The van der Waals surface area contributed by atoms with E-state index in [-0.39, 0.29) is 12.4 Å². The molecular weight excluding hydrogens is 372 g/mol. The number of rotatable bonds is 6. The van der Waals surface area contributed by atoms with Crippen molar-refractivity contribution in [3.8, 4) is 5.75 Å². The molecule has 0 fully saturated rings. The average Bonchev–Trinajstić information content (AvgIpc) is 2.67. The van der Waals surface area contributed by atoms with E-state index in [4.69, 9.17) is 13.9 Å². The number of aryl methyl sites for hydroxylation is 3. The second kappa shape index (κ2) is 8.31. The van der Waals surface area contributed by atoms with Gasteiger partial charge in [0.2, 0.25) is 5.78 Å². The highest BCUT2D eigenvalue weighted by atomic mass is 16.6. The van der Waals surface area contributed by atoms with Crippen LogP contribution in [-0.4, -0.2) is 24.5 Å². The van der Waals surface area contributed by atoms with Gasteiger partial charge in [0.15, 0.2) is 12.7 Å². The topological polar surface area (TPSA) is 82.8 Å². The lowest BCUT2D eigenvalue weighted by atomic mass is 9.99. The van der Waals surface area contributed by atoms with E-state index in [1.165, 1.54) is 13.0 Å². The first-order valence-electron chi connectivity index (χ1n) is 9.23. The summed E-state index contributed by atoms with van der Waals surface area (Å²) >= 11 is 0. The first kappa shape index (κ1) is 20.3. The van der Waals surface area contributed by atoms with Crippen LogP contribution < -0.4 is 10.4 Å². The molecule has 0 saturated carbocycles. The molecule has 3 aromatic rings. The van der Waals surface area contributed by atoms with Crippen molar-refractivity contribution in [1.82, 2.24) is 0 Å². The molecule has 0 aliphatic carbocycles. The summed E-state index contributed by atoms with van der Waals surface area (Å²) in [5, 5.41) is 0.785. The molecule has 6 nitrogen and oxygen atoms in total. The van der Waals surface area contributed by atoms with E-state index in [1.807, 2.05) is 32.9 Å². The van der Waals surface area contributed by atoms with E-state index in [9.17, 15) is 14.4 Å². The predicted octanol–water partition coefficient (Wildman–Crippen LogP) is 3.91. The second-order valence-corrected chi connectivity index (χ2v) is 7.01. The lowest BCUT2D eigenvalue weighted by Gasteiger charge is -2.14. The first-order valence-corrected chi connectivity index (χ1v) is 9.23. The number of hydrogen-bond donors (Lipinski definition) is 0. The van der Waals surface area contributed by atoms with Gasteiger partial charge in [-0.15, -0.1) is 0 Å². The number of benzene rings is 2. The van der Waals surface area contributed by atoms with Crippen LogP contribution >= 0.6 is 0 Å². The van der Waals surface area contributed by atoms with Crippen LogP contribution in [0.1, 0.15) is 34.0 Å². The largest absolute Gasteiger partial charge is 0.482 e. The van der Waals surface area contributed by atoms with Gasteiger partial charge in [-0.05, 0) is 57.0 Å². The number of hydrogen-bond acceptors (Lipinski definition) is 6. The van der Waals surface area contributed by atoms with Crippen LogP contribution in [0.2, 0.25) is 0 Å². The average molecular weight is 394 g/mol. The third kappa shape index (κ3) is 4.71. The lowest BCUT2D eigenvalue weighted by molar-refractivity contribution is -0.148. The highest BCUT2D eigenvalue weighted by Gasteiger charge is 2.21. The van der Waals surface area contributed by atoms with Crippen LogP contribution in [0.5, 0.6) is 5.75 Å². The van der Waals surface area contributed by atoms with Gasteiger partial charge in [-0.25, -0.2) is 9.59 Å². The Labute approximate surface area is 168 Å². The van der Waals surface area contributed by atoms with Gasteiger partial charge in [0.05, 0.1) is 0 Å². The number of Topliss-reactive ketones (excluding diaryl/α,β-unsaturated/α-hetero) is 1. The first-order chi connectivity index (χ1) is 13.7. The van der Waals surface area contributed by atoms with Crippen molar-refractivity contribution >= 4 is 22.7 Å². The summed E-state index contributed by atoms with van der Waals surface area (Å²) in [6.07, 6.45) is -0.927. The van der Waals surface area contributed by atoms with Gasteiger partial charge >= 0.3 is 11.6 Å². The van der Waals surface area contributed by atoms with Crippen LogP contribution in [0.25, 0.3) is 11.0 Å². The maximum atomic E-state index is 12.6. The Hall–Kier alpha value is -3.41. The van der Waals surface area contributed by atoms with Gasteiger partial charge in [0, 0.05) is 23.1 Å². The van der Waals surface area contributed by atoms with Gasteiger partial charge in [0.1, 0.15) is 11.3 Å². The van der Waals surface area contributed by atoms with Crippen molar-refractivity contribution in [3.05, 3.63) is 75.1 Å². The molecule has 0 spiro atoms. The minimum absolute atomic E-state index is 0.262. The zero-order valence-electron chi connectivity index (χ0n) is 16.8. The molecule has 1 heterocycles. The molecule has 150 valence electrons. The summed E-state index contributed by atoms with van der Waals surface area (Å²) in [6, 6.07) is 11.9. The van der Waals surface area contributed by atoms with Crippen molar-refractivity contribution < 1.29 is 23.5 Å². The predicted molar refractivity (Wildman–Crippen MR) is 109 cm³/mol. The van der Waals surface area contributed by atoms with E-state index in [2.05, 4.69) is 0 Å². The maximum absolute atomic E-state index is 12.6. The molecule has 29 heavy (non-hydrogen) atoms. The highest BCUT2D eigenvalue weighted by molar-refractivity contribution is 6.01. The molecule has 1 aromatic heterocycles. The molecule has 0 saturated heterocycles. The molecule has 2 aromatic carbocycles. The van der Waals surface area contributed by atoms with E-state index < -0.39 is 17.7 Å². The molecule has 0 N–H and O–H groups in total. The molecule has 0 amide bonds. The molecular formula is C23H22O6. The summed E-state index contributed by atoms with van der Waals surface area (Å²) in [7, 11) is 0. The SMILES string of the molecule is Cc1ccc(C)c(C(=O)[C@@H](C)OC(=O)COc2ccc3c(C)cc(=O)oc3c2)c1. The molecule has 0 unspecified atom stereocenters. The smallest absolute Gasteiger partial charge is 0.344 e. The summed E-state index contributed by atoms with van der Waals surface area (Å²) in [5.41, 5.74) is 3.03. The zero-order chi connectivity index (χ0) is 21.1. The molecule has 3 rings (SSSR count). The van der Waals surface area contributed by atoms with Crippen molar-refractivity contribution in [2.75, 3.05) is 6.61 Å². The summed E-state index contributed by atoms with van der Waals surface area (Å²) < 4.78 is 15.8. The van der Waals surface area contributed by atoms with Crippen molar-refractivity contribution in [3.63, 3.8) is 0 Å². The molecule has 6 heteroatoms. The van der Waals surface area contributed by atoms with Crippen molar-refractivity contribution in [2.24, 2.45) is 0 Å². The molecule has 0 aliphatic rings. The Morgan fingerprint density at radius 2 is 1.76 bits per heavy atom. The summed E-state index contributed by atoms with van der Waals surface area (Å²) in [5.74, 6) is -0.568. The fourth-order valence-corrected chi connectivity index (χ4v) is 3.04. The van der Waals surface area contributed by atoms with E-state index in [1.54, 1.807) is 24.3 Å². The van der Waals surface area contributed by atoms with Crippen LogP contribution in [0, 0.1) is 20.8 Å². The number of carbonyl (C=O) groups is 2. The molecule has 1 atom stereocenters. The molecule has 0 radical (unpaired) electrons. The Balaban J connectivity index is 1.63. The molecule has 0 bridgehead atoms. The Morgan fingerprint density at radius 1 is 1.00 bits per heavy atom. The number of esters is 1. The highest BCUT2D eigenvalue weighted by Crippen LogP contribution is 2.22. The monoisotopic (exact) mass is 394 g/mol. The van der Waals surface area contributed by atoms with Crippen molar-refractivity contribution in [2.45, 2.75) is 33.8 Å². The number of fused-ring (bicyclic) bond motifs is 1. The third-order valence-corrected chi connectivity index (χ3v) is 4.62. The summed E-state index contributed by atoms with van der Waals surface area (Å²) in [4.78, 5) is 36.2. The fourth-order valence-electron chi connectivity index (χ4n) is 3.04. The van der Waals surface area contributed by atoms with Crippen LogP contribution in [0.4, 0.5) is 0 Å². The lowest BCUT2D eigenvalue weighted by Crippen LogP contribution is -2.27. The van der Waals surface area contributed by atoms with Gasteiger partial charge in [-0.1, -0.05) is 17.7 Å².